The molecule has 12 heavy (non-hydrogen) atoms. The molecule has 1 aromatic rings. The van der Waals surface area contributed by atoms with E-state index in [1.54, 1.807) is 18.2 Å². The van der Waals surface area contributed by atoms with E-state index < -0.39 is 0 Å². The van der Waals surface area contributed by atoms with Crippen molar-refractivity contribution in [2.24, 2.45) is 0 Å². The van der Waals surface area contributed by atoms with Gasteiger partial charge in [-0.1, -0.05) is 29.8 Å². The van der Waals surface area contributed by atoms with Crippen molar-refractivity contribution >= 4 is 11.6 Å². The highest BCUT2D eigenvalue weighted by molar-refractivity contribution is 6.29. The van der Waals surface area contributed by atoms with Crippen molar-refractivity contribution in [2.45, 2.75) is 6.92 Å². The minimum absolute atomic E-state index is 0.452. The summed E-state index contributed by atoms with van der Waals surface area (Å²) in [6.45, 7) is 2.47. The summed E-state index contributed by atoms with van der Waals surface area (Å²) in [6, 6.07) is 5.29. The van der Waals surface area contributed by atoms with Gasteiger partial charge in [-0.05, 0) is 13.0 Å². The average Bonchev–Trinajstić information content (AvgIpc) is 2.05. The Morgan fingerprint density at radius 1 is 1.58 bits per heavy atom. The van der Waals surface area contributed by atoms with E-state index in [0.717, 1.165) is 0 Å². The number of aromatic nitrogens is 1. The van der Waals surface area contributed by atoms with E-state index in [1.165, 1.54) is 0 Å². The maximum absolute atomic E-state index is 5.65. The number of rotatable bonds is 3. The minimum atomic E-state index is 0.452. The first kappa shape index (κ1) is 9.07. The molecule has 0 saturated carbocycles. The van der Waals surface area contributed by atoms with Crippen molar-refractivity contribution < 1.29 is 4.74 Å². The fourth-order valence-corrected chi connectivity index (χ4v) is 0.856. The third kappa shape index (κ3) is 2.93. The first-order valence-corrected chi connectivity index (χ1v) is 4.07. The second-order valence-corrected chi connectivity index (χ2v) is 2.57. The molecule has 1 rings (SSSR count). The van der Waals surface area contributed by atoms with Gasteiger partial charge in [0, 0.05) is 6.07 Å². The Morgan fingerprint density at radius 2 is 2.42 bits per heavy atom. The molecule has 0 radical (unpaired) electrons. The monoisotopic (exact) mass is 183 g/mol. The molecule has 0 aromatic carbocycles. The number of hydrogen-bond donors (Lipinski definition) is 0. The van der Waals surface area contributed by atoms with Crippen LogP contribution in [0.1, 0.15) is 6.92 Å². The fourth-order valence-electron chi connectivity index (χ4n) is 0.700. The first-order valence-electron chi connectivity index (χ1n) is 3.69. The summed E-state index contributed by atoms with van der Waals surface area (Å²) in [7, 11) is 0. The predicted octanol–water partition coefficient (Wildman–Crippen LogP) is 2.69. The zero-order valence-corrected chi connectivity index (χ0v) is 7.58. The van der Waals surface area contributed by atoms with Gasteiger partial charge in [0.1, 0.15) is 11.8 Å². The average molecular weight is 184 g/mol. The summed E-state index contributed by atoms with van der Waals surface area (Å²) in [5.74, 6) is 0.556. The lowest BCUT2D eigenvalue weighted by atomic mass is 10.5. The molecule has 0 aliphatic rings. The van der Waals surface area contributed by atoms with Crippen molar-refractivity contribution in [3.8, 4) is 5.88 Å². The molecule has 2 nitrogen and oxygen atoms in total. The normalized spacial score (nSPS) is 10.5. The molecule has 3 heteroatoms. The highest BCUT2D eigenvalue weighted by Crippen LogP contribution is 2.10. The summed E-state index contributed by atoms with van der Waals surface area (Å²) >= 11 is 5.65. The Morgan fingerprint density at radius 3 is 3.08 bits per heavy atom. The summed E-state index contributed by atoms with van der Waals surface area (Å²) < 4.78 is 5.24. The number of halogens is 1. The smallest absolute Gasteiger partial charge is 0.214 e. The van der Waals surface area contributed by atoms with Gasteiger partial charge < -0.3 is 4.74 Å². The maximum atomic E-state index is 5.65. The summed E-state index contributed by atoms with van der Waals surface area (Å²) in [6.07, 6.45) is 3.83. The van der Waals surface area contributed by atoms with E-state index in [9.17, 15) is 0 Å². The fraction of sp³-hybridized carbons (Fsp3) is 0.222. The maximum Gasteiger partial charge on any atom is 0.214 e. The number of allylic oxidation sites excluding steroid dienone is 1. The third-order valence-electron chi connectivity index (χ3n) is 1.25. The minimum Gasteiger partial charge on any atom is -0.473 e. The molecule has 0 saturated heterocycles. The van der Waals surface area contributed by atoms with Gasteiger partial charge in [-0.2, -0.15) is 0 Å². The van der Waals surface area contributed by atoms with Crippen LogP contribution in [0.25, 0.3) is 0 Å². The van der Waals surface area contributed by atoms with Gasteiger partial charge in [-0.15, -0.1) is 0 Å². The molecular formula is C9H10ClNO. The van der Waals surface area contributed by atoms with E-state index in [4.69, 9.17) is 16.3 Å². The largest absolute Gasteiger partial charge is 0.473 e. The second-order valence-electron chi connectivity index (χ2n) is 2.18. The molecule has 64 valence electrons. The lowest BCUT2D eigenvalue weighted by molar-refractivity contribution is 0.348. The van der Waals surface area contributed by atoms with Crippen molar-refractivity contribution in [2.75, 3.05) is 6.61 Å². The van der Waals surface area contributed by atoms with E-state index in [1.807, 2.05) is 19.1 Å². The van der Waals surface area contributed by atoms with Gasteiger partial charge >= 0.3 is 0 Å². The quantitative estimate of drug-likeness (QED) is 0.531. The van der Waals surface area contributed by atoms with Gasteiger partial charge in [0.15, 0.2) is 0 Å². The van der Waals surface area contributed by atoms with Gasteiger partial charge in [-0.3, -0.25) is 0 Å². The molecule has 0 atom stereocenters. The summed E-state index contributed by atoms with van der Waals surface area (Å²) in [4.78, 5) is 3.95. The molecule has 1 aromatic heterocycles. The number of pyridine rings is 1. The van der Waals surface area contributed by atoms with Gasteiger partial charge in [0.25, 0.3) is 0 Å². The molecule has 0 amide bonds. The topological polar surface area (TPSA) is 22.1 Å². The van der Waals surface area contributed by atoms with Gasteiger partial charge in [0.2, 0.25) is 5.88 Å². The predicted molar refractivity (Wildman–Crippen MR) is 49.6 cm³/mol. The molecule has 0 bridgehead atoms. The lowest BCUT2D eigenvalue weighted by Gasteiger charge is -2.00. The Kier molecular flexibility index (Phi) is 3.61. The lowest BCUT2D eigenvalue weighted by Crippen LogP contribution is -1.94. The standard InChI is InChI=1S/C9H10ClNO/c1-2-3-7-12-9-6-4-5-8(10)11-9/h2-6H,7H2,1H3. The van der Waals surface area contributed by atoms with Crippen molar-refractivity contribution in [3.05, 3.63) is 35.5 Å². The van der Waals surface area contributed by atoms with Crippen LogP contribution < -0.4 is 4.74 Å². The van der Waals surface area contributed by atoms with Crippen molar-refractivity contribution in [1.29, 1.82) is 0 Å². The Labute approximate surface area is 76.8 Å². The Balaban J connectivity index is 2.52. The van der Waals surface area contributed by atoms with Crippen LogP contribution >= 0.6 is 11.6 Å². The van der Waals surface area contributed by atoms with Gasteiger partial charge in [0.05, 0.1) is 0 Å². The van der Waals surface area contributed by atoms with Crippen LogP contribution in [0.2, 0.25) is 5.15 Å². The second kappa shape index (κ2) is 4.78. The molecule has 1 heterocycles. The molecular weight excluding hydrogens is 174 g/mol. The molecule has 0 N–H and O–H groups in total. The Hall–Kier alpha value is -1.02. The molecule has 0 aliphatic heterocycles. The molecule has 0 fully saturated rings. The van der Waals surface area contributed by atoms with E-state index in [-0.39, 0.29) is 0 Å². The zero-order chi connectivity index (χ0) is 8.81. The molecule has 0 unspecified atom stereocenters. The van der Waals surface area contributed by atoms with E-state index in [2.05, 4.69) is 4.98 Å². The Bertz CT molecular complexity index is 273. The zero-order valence-electron chi connectivity index (χ0n) is 6.83. The third-order valence-corrected chi connectivity index (χ3v) is 1.46. The van der Waals surface area contributed by atoms with E-state index in [0.29, 0.717) is 17.6 Å². The highest BCUT2D eigenvalue weighted by Gasteiger charge is 1.93. The van der Waals surface area contributed by atoms with Crippen molar-refractivity contribution in [1.82, 2.24) is 4.98 Å². The van der Waals surface area contributed by atoms with Crippen LogP contribution in [0, 0.1) is 0 Å². The van der Waals surface area contributed by atoms with Crippen LogP contribution in [0.3, 0.4) is 0 Å². The number of nitrogens with zero attached hydrogens (tertiary/aromatic N) is 1. The molecule has 0 spiro atoms. The SMILES string of the molecule is CC=CCOc1cccc(Cl)n1. The van der Waals surface area contributed by atoms with Crippen LogP contribution in [0.15, 0.2) is 30.4 Å². The van der Waals surface area contributed by atoms with Crippen LogP contribution in [0.5, 0.6) is 5.88 Å². The summed E-state index contributed by atoms with van der Waals surface area (Å²) in [5.41, 5.74) is 0. The highest BCUT2D eigenvalue weighted by atomic mass is 35.5. The van der Waals surface area contributed by atoms with Crippen molar-refractivity contribution in [3.63, 3.8) is 0 Å². The van der Waals surface area contributed by atoms with E-state index >= 15 is 0 Å². The van der Waals surface area contributed by atoms with Crippen LogP contribution in [-0.2, 0) is 0 Å². The summed E-state index contributed by atoms with van der Waals surface area (Å²) in [5, 5.41) is 0.452. The number of ether oxygens (including phenoxy) is 1. The first-order chi connectivity index (χ1) is 5.83. The van der Waals surface area contributed by atoms with Crippen LogP contribution in [-0.4, -0.2) is 11.6 Å². The molecule has 0 aliphatic carbocycles. The van der Waals surface area contributed by atoms with Crippen LogP contribution in [0.4, 0.5) is 0 Å². The van der Waals surface area contributed by atoms with Gasteiger partial charge in [-0.25, -0.2) is 4.98 Å². The number of hydrogen-bond acceptors (Lipinski definition) is 2.